The van der Waals surface area contributed by atoms with Crippen LogP contribution in [0.4, 0.5) is 4.39 Å². The van der Waals surface area contributed by atoms with Crippen molar-refractivity contribution >= 4 is 0 Å². The third-order valence-electron chi connectivity index (χ3n) is 2.38. The standard InChI is InChI=1S/C12H18FNO2/c1-9(8-15)6-14-7-10-3-4-11(16-2)5-12(10)13/h3-5,9,14-15H,6-8H2,1-2H3. The average molecular weight is 227 g/mol. The van der Waals surface area contributed by atoms with Gasteiger partial charge in [0.15, 0.2) is 0 Å². The molecule has 0 saturated carbocycles. The number of aliphatic hydroxyl groups is 1. The Morgan fingerprint density at radius 2 is 2.25 bits per heavy atom. The molecule has 1 aromatic rings. The van der Waals surface area contributed by atoms with Crippen LogP contribution in [0.1, 0.15) is 12.5 Å². The Morgan fingerprint density at radius 3 is 2.81 bits per heavy atom. The van der Waals surface area contributed by atoms with Gasteiger partial charge < -0.3 is 15.2 Å². The van der Waals surface area contributed by atoms with E-state index < -0.39 is 0 Å². The Labute approximate surface area is 95.2 Å². The van der Waals surface area contributed by atoms with Gasteiger partial charge >= 0.3 is 0 Å². The fourth-order valence-corrected chi connectivity index (χ4v) is 1.32. The van der Waals surface area contributed by atoms with Crippen LogP contribution in [-0.2, 0) is 6.54 Å². The van der Waals surface area contributed by atoms with E-state index in [2.05, 4.69) is 5.32 Å². The predicted octanol–water partition coefficient (Wildman–Crippen LogP) is 1.55. The first-order valence-electron chi connectivity index (χ1n) is 5.31. The summed E-state index contributed by atoms with van der Waals surface area (Å²) < 4.78 is 18.4. The summed E-state index contributed by atoms with van der Waals surface area (Å²) >= 11 is 0. The van der Waals surface area contributed by atoms with Gasteiger partial charge in [-0.25, -0.2) is 4.39 Å². The summed E-state index contributed by atoms with van der Waals surface area (Å²) in [6.45, 7) is 3.19. The molecule has 0 amide bonds. The molecule has 0 spiro atoms. The lowest BCUT2D eigenvalue weighted by Crippen LogP contribution is -2.23. The first-order chi connectivity index (χ1) is 7.67. The molecule has 0 bridgehead atoms. The van der Waals surface area contributed by atoms with Gasteiger partial charge in [-0.05, 0) is 12.0 Å². The first kappa shape index (κ1) is 12.9. The van der Waals surface area contributed by atoms with Crippen molar-refractivity contribution in [3.05, 3.63) is 29.6 Å². The molecule has 0 aromatic heterocycles. The molecule has 0 fully saturated rings. The first-order valence-corrected chi connectivity index (χ1v) is 5.31. The quantitative estimate of drug-likeness (QED) is 0.774. The van der Waals surface area contributed by atoms with Crippen LogP contribution in [0.2, 0.25) is 0 Å². The van der Waals surface area contributed by atoms with Crippen molar-refractivity contribution in [1.29, 1.82) is 0 Å². The highest BCUT2D eigenvalue weighted by molar-refractivity contribution is 5.28. The lowest BCUT2D eigenvalue weighted by Gasteiger charge is -2.10. The third-order valence-corrected chi connectivity index (χ3v) is 2.38. The van der Waals surface area contributed by atoms with Gasteiger partial charge in [0.2, 0.25) is 0 Å². The molecule has 1 rings (SSSR count). The normalized spacial score (nSPS) is 12.5. The third kappa shape index (κ3) is 3.79. The van der Waals surface area contributed by atoms with Crippen LogP contribution in [-0.4, -0.2) is 25.4 Å². The van der Waals surface area contributed by atoms with Crippen molar-refractivity contribution in [2.75, 3.05) is 20.3 Å². The number of halogens is 1. The molecule has 90 valence electrons. The zero-order chi connectivity index (χ0) is 12.0. The van der Waals surface area contributed by atoms with E-state index >= 15 is 0 Å². The smallest absolute Gasteiger partial charge is 0.131 e. The maximum atomic E-state index is 13.5. The fourth-order valence-electron chi connectivity index (χ4n) is 1.32. The minimum absolute atomic E-state index is 0.137. The average Bonchev–Trinajstić information content (AvgIpc) is 2.30. The van der Waals surface area contributed by atoms with Crippen LogP contribution in [0.5, 0.6) is 5.75 Å². The summed E-state index contributed by atoms with van der Waals surface area (Å²) in [5.41, 5.74) is 0.603. The Hall–Kier alpha value is -1.13. The topological polar surface area (TPSA) is 41.5 Å². The van der Waals surface area contributed by atoms with Crippen LogP contribution in [0, 0.1) is 11.7 Å². The van der Waals surface area contributed by atoms with Crippen molar-refractivity contribution in [3.63, 3.8) is 0 Å². The predicted molar refractivity (Wildman–Crippen MR) is 60.9 cm³/mol. The van der Waals surface area contributed by atoms with E-state index in [-0.39, 0.29) is 18.3 Å². The van der Waals surface area contributed by atoms with E-state index in [4.69, 9.17) is 9.84 Å². The van der Waals surface area contributed by atoms with Crippen LogP contribution >= 0.6 is 0 Å². The number of hydrogen-bond acceptors (Lipinski definition) is 3. The Balaban J connectivity index is 2.48. The fraction of sp³-hybridized carbons (Fsp3) is 0.500. The lowest BCUT2D eigenvalue weighted by atomic mass is 10.1. The molecule has 0 aliphatic heterocycles. The monoisotopic (exact) mass is 227 g/mol. The highest BCUT2D eigenvalue weighted by Crippen LogP contribution is 2.15. The second-order valence-corrected chi connectivity index (χ2v) is 3.88. The van der Waals surface area contributed by atoms with E-state index in [1.165, 1.54) is 13.2 Å². The molecule has 0 radical (unpaired) electrons. The maximum Gasteiger partial charge on any atom is 0.131 e. The van der Waals surface area contributed by atoms with Crippen molar-refractivity contribution in [2.24, 2.45) is 5.92 Å². The minimum Gasteiger partial charge on any atom is -0.497 e. The number of aliphatic hydroxyl groups excluding tert-OH is 1. The number of ether oxygens (including phenoxy) is 1. The van der Waals surface area contributed by atoms with Gasteiger partial charge in [0.05, 0.1) is 7.11 Å². The zero-order valence-corrected chi connectivity index (χ0v) is 9.66. The van der Waals surface area contributed by atoms with E-state index in [0.717, 1.165) is 0 Å². The second-order valence-electron chi connectivity index (χ2n) is 3.88. The van der Waals surface area contributed by atoms with Crippen molar-refractivity contribution in [1.82, 2.24) is 5.32 Å². The second kappa shape index (κ2) is 6.45. The molecule has 1 unspecified atom stereocenters. The number of methoxy groups -OCH3 is 1. The molecule has 3 nitrogen and oxygen atoms in total. The summed E-state index contributed by atoms with van der Waals surface area (Å²) in [5.74, 6) is 0.426. The molecule has 2 N–H and O–H groups in total. The van der Waals surface area contributed by atoms with Gasteiger partial charge in [-0.2, -0.15) is 0 Å². The van der Waals surface area contributed by atoms with E-state index in [0.29, 0.717) is 24.4 Å². The molecule has 0 aliphatic rings. The highest BCUT2D eigenvalue weighted by Gasteiger charge is 2.04. The summed E-state index contributed by atoms with van der Waals surface area (Å²) in [7, 11) is 1.51. The Kier molecular flexibility index (Phi) is 5.22. The SMILES string of the molecule is COc1ccc(CNCC(C)CO)c(F)c1. The van der Waals surface area contributed by atoms with E-state index in [9.17, 15) is 4.39 Å². The summed E-state index contributed by atoms with van der Waals surface area (Å²) in [6.07, 6.45) is 0. The number of hydrogen-bond donors (Lipinski definition) is 2. The number of benzene rings is 1. The zero-order valence-electron chi connectivity index (χ0n) is 9.66. The molecule has 4 heteroatoms. The van der Waals surface area contributed by atoms with E-state index in [1.54, 1.807) is 12.1 Å². The largest absolute Gasteiger partial charge is 0.497 e. The van der Waals surface area contributed by atoms with Crippen molar-refractivity contribution in [3.8, 4) is 5.75 Å². The Bertz CT molecular complexity index is 331. The maximum absolute atomic E-state index is 13.5. The molecule has 0 aliphatic carbocycles. The van der Waals surface area contributed by atoms with Crippen molar-refractivity contribution in [2.45, 2.75) is 13.5 Å². The Morgan fingerprint density at radius 1 is 1.50 bits per heavy atom. The molecule has 1 atom stereocenters. The molecule has 1 aromatic carbocycles. The molecule has 0 heterocycles. The minimum atomic E-state index is -0.275. The van der Waals surface area contributed by atoms with Gasteiger partial charge in [0.25, 0.3) is 0 Å². The molecule has 16 heavy (non-hydrogen) atoms. The number of rotatable bonds is 6. The molecule has 0 saturated heterocycles. The summed E-state index contributed by atoms with van der Waals surface area (Å²) in [5, 5.41) is 11.9. The summed E-state index contributed by atoms with van der Waals surface area (Å²) in [4.78, 5) is 0. The molecular weight excluding hydrogens is 209 g/mol. The van der Waals surface area contributed by atoms with Crippen molar-refractivity contribution < 1.29 is 14.2 Å². The van der Waals surface area contributed by atoms with Gasteiger partial charge in [-0.3, -0.25) is 0 Å². The van der Waals surface area contributed by atoms with Crippen LogP contribution in [0.15, 0.2) is 18.2 Å². The molecular formula is C12H18FNO2. The van der Waals surface area contributed by atoms with Gasteiger partial charge in [-0.15, -0.1) is 0 Å². The van der Waals surface area contributed by atoms with E-state index in [1.807, 2.05) is 6.92 Å². The van der Waals surface area contributed by atoms with Crippen LogP contribution in [0.3, 0.4) is 0 Å². The highest BCUT2D eigenvalue weighted by atomic mass is 19.1. The van der Waals surface area contributed by atoms with Gasteiger partial charge in [0, 0.05) is 31.3 Å². The lowest BCUT2D eigenvalue weighted by molar-refractivity contribution is 0.233. The summed E-state index contributed by atoms with van der Waals surface area (Å²) in [6, 6.07) is 4.80. The van der Waals surface area contributed by atoms with Crippen LogP contribution < -0.4 is 10.1 Å². The number of nitrogens with one attached hydrogen (secondary N) is 1. The van der Waals surface area contributed by atoms with Gasteiger partial charge in [-0.1, -0.05) is 13.0 Å². The van der Waals surface area contributed by atoms with Gasteiger partial charge in [0.1, 0.15) is 11.6 Å². The van der Waals surface area contributed by atoms with Crippen LogP contribution in [0.25, 0.3) is 0 Å².